The highest BCUT2D eigenvalue weighted by molar-refractivity contribution is 5.99. The minimum atomic E-state index is -2.01. The summed E-state index contributed by atoms with van der Waals surface area (Å²) in [5, 5.41) is 61.5. The molecule has 0 aromatic heterocycles. The number of nitrogens with two attached hydrogens (primary N) is 3. The van der Waals surface area contributed by atoms with Gasteiger partial charge in [0.1, 0.15) is 54.4 Å². The van der Waals surface area contributed by atoms with Crippen LogP contribution in [0.4, 0.5) is 0 Å². The van der Waals surface area contributed by atoms with Crippen LogP contribution in [0.1, 0.15) is 97.6 Å². The number of aliphatic hydroxyl groups is 2. The molecule has 0 saturated carbocycles. The van der Waals surface area contributed by atoms with Gasteiger partial charge in [-0.3, -0.25) is 52.7 Å². The lowest BCUT2D eigenvalue weighted by atomic mass is 9.98. The number of amides is 10. The van der Waals surface area contributed by atoms with E-state index in [1.54, 1.807) is 88.4 Å². The number of carbonyl (C=O) groups excluding carboxylic acids is 10. The van der Waals surface area contributed by atoms with Crippen LogP contribution in [0.25, 0.3) is 0 Å². The number of rotatable bonds is 38. The molecule has 0 fully saturated rings. The summed E-state index contributed by atoms with van der Waals surface area (Å²) >= 11 is 0. The van der Waals surface area contributed by atoms with Gasteiger partial charge in [0, 0.05) is 12.8 Å². The molecule has 460 valence electrons. The van der Waals surface area contributed by atoms with E-state index in [2.05, 4.69) is 47.9 Å². The van der Waals surface area contributed by atoms with Gasteiger partial charge in [0.15, 0.2) is 0 Å². The summed E-state index contributed by atoms with van der Waals surface area (Å²) < 4.78 is 0. The zero-order valence-electron chi connectivity index (χ0n) is 47.7. The third-order valence-corrected chi connectivity index (χ3v) is 12.9. The molecule has 10 atom stereocenters. The van der Waals surface area contributed by atoms with Crippen molar-refractivity contribution in [3.05, 3.63) is 71.8 Å². The first-order valence-electron chi connectivity index (χ1n) is 27.3. The molecule has 2 aromatic carbocycles. The van der Waals surface area contributed by atoms with Crippen LogP contribution in [0, 0.1) is 17.8 Å². The molecule has 0 spiro atoms. The van der Waals surface area contributed by atoms with Crippen LogP contribution in [0.15, 0.2) is 60.7 Å². The second kappa shape index (κ2) is 36.4. The van der Waals surface area contributed by atoms with E-state index in [9.17, 15) is 78.0 Å². The molecule has 0 bridgehead atoms. The predicted octanol–water partition coefficient (Wildman–Crippen LogP) is -3.54. The van der Waals surface area contributed by atoms with Crippen LogP contribution < -0.4 is 65.1 Å². The van der Waals surface area contributed by atoms with Crippen molar-refractivity contribution in [3.8, 4) is 0 Å². The molecule has 0 heterocycles. The second-order valence-electron chi connectivity index (χ2n) is 21.1. The molecular formula is C55H84N12O16. The van der Waals surface area contributed by atoms with Crippen molar-refractivity contribution in [3.63, 3.8) is 0 Å². The topological polar surface area (TPSA) is 472 Å². The summed E-state index contributed by atoms with van der Waals surface area (Å²) in [4.78, 5) is 159. The van der Waals surface area contributed by atoms with Crippen LogP contribution in [0.2, 0.25) is 0 Å². The van der Waals surface area contributed by atoms with Gasteiger partial charge in [0.25, 0.3) is 0 Å². The highest BCUT2D eigenvalue weighted by Gasteiger charge is 2.37. The maximum absolute atomic E-state index is 14.0. The Hall–Kier alpha value is -8.08. The largest absolute Gasteiger partial charge is 0.481 e. The average molecular weight is 1170 g/mol. The fraction of sp³-hybridized carbons (Fsp3) is 0.564. The highest BCUT2D eigenvalue weighted by Crippen LogP contribution is 2.13. The van der Waals surface area contributed by atoms with Crippen LogP contribution in [0.3, 0.4) is 0 Å². The van der Waals surface area contributed by atoms with Crippen molar-refractivity contribution in [2.45, 2.75) is 160 Å². The Morgan fingerprint density at radius 2 is 0.855 bits per heavy atom. The first-order valence-corrected chi connectivity index (χ1v) is 27.3. The minimum absolute atomic E-state index is 0.000644. The van der Waals surface area contributed by atoms with Gasteiger partial charge in [-0.25, -0.2) is 4.79 Å². The summed E-state index contributed by atoms with van der Waals surface area (Å²) in [7, 11) is 0. The molecular weight excluding hydrogens is 1080 g/mol. The van der Waals surface area contributed by atoms with Gasteiger partial charge >= 0.3 is 11.9 Å². The van der Waals surface area contributed by atoms with E-state index in [1.165, 1.54) is 0 Å². The Labute approximate surface area is 481 Å². The molecule has 0 radical (unpaired) electrons. The molecule has 0 saturated heterocycles. The first kappa shape index (κ1) is 71.0. The summed E-state index contributed by atoms with van der Waals surface area (Å²) in [5.74, 6) is -14.4. The molecule has 28 heteroatoms. The van der Waals surface area contributed by atoms with E-state index in [0.717, 1.165) is 5.56 Å². The smallest absolute Gasteiger partial charge is 0.326 e. The molecule has 0 aliphatic heterocycles. The lowest BCUT2D eigenvalue weighted by molar-refractivity contribution is -0.143. The SMILES string of the molecule is CC(C)C[C@H](NC(=O)[C@@H](N)Cc1ccccc1)C(=O)N[C@H](C(=O)N[C@@H](CCC(N)=O)C(=O)N[C@@H](CO)C(=O)N[C@@H](CO)C(=O)N[C@@H](CC(=O)O)C(=O)N[C@@H](Cc1ccccc1)C(=O)N[C@@H](CCCCN)C(=O)N[C@H](C(=O)O)C(C)C)C(C)C. The van der Waals surface area contributed by atoms with E-state index >= 15 is 0 Å². The number of primary amides is 1. The summed E-state index contributed by atoms with van der Waals surface area (Å²) in [6.07, 6.45) is -1.26. The summed E-state index contributed by atoms with van der Waals surface area (Å²) in [6.45, 7) is 7.76. The molecule has 19 N–H and O–H groups in total. The van der Waals surface area contributed by atoms with Gasteiger partial charge in [0.2, 0.25) is 59.1 Å². The highest BCUT2D eigenvalue weighted by atomic mass is 16.4. The van der Waals surface area contributed by atoms with Crippen LogP contribution >= 0.6 is 0 Å². The molecule has 0 aliphatic carbocycles. The van der Waals surface area contributed by atoms with Crippen molar-refractivity contribution >= 4 is 71.0 Å². The Balaban J connectivity index is 2.33. The van der Waals surface area contributed by atoms with Gasteiger partial charge < -0.3 is 85.5 Å². The predicted molar refractivity (Wildman–Crippen MR) is 300 cm³/mol. The van der Waals surface area contributed by atoms with E-state index < -0.39 is 176 Å². The molecule has 0 unspecified atom stereocenters. The van der Waals surface area contributed by atoms with Gasteiger partial charge in [0.05, 0.1) is 25.7 Å². The van der Waals surface area contributed by atoms with Gasteiger partial charge in [-0.05, 0) is 74.0 Å². The standard InChI is InChI=1S/C55H84N12O16/c1-29(2)23-37(61-46(73)34(57)24-32-15-9-7-10-16-32)51(78)66-44(30(3)4)54(81)60-36(20-21-42(58)70)47(74)64-41(28-69)53(80)65-40(27-68)52(79)63-39(26-43(71)72)50(77)62-38(25-33-17-11-8-12-18-33)49(76)59-35(19-13-14-22-56)48(75)67-45(31(5)6)55(82)83/h7-12,15-18,29-31,34-41,44-45,68-69H,13-14,19-28,56-57H2,1-6H3,(H2,58,70)(H,59,76)(H,60,81)(H,61,73)(H,62,77)(H,63,79)(H,64,74)(H,65,80)(H,66,78)(H,67,75)(H,71,72)(H,82,83)/t34-,35-,36-,37-,38-,39-,40-,41-,44-,45-/m0/s1. The number of hydrogen-bond donors (Lipinski definition) is 16. The Morgan fingerprint density at radius 3 is 1.33 bits per heavy atom. The molecule has 0 aliphatic rings. The third-order valence-electron chi connectivity index (χ3n) is 12.9. The first-order chi connectivity index (χ1) is 39.1. The van der Waals surface area contributed by atoms with Gasteiger partial charge in [-0.1, -0.05) is 102 Å². The van der Waals surface area contributed by atoms with Crippen molar-refractivity contribution < 1.29 is 78.0 Å². The summed E-state index contributed by atoms with van der Waals surface area (Å²) in [6, 6.07) is 1.73. The van der Waals surface area contributed by atoms with E-state index in [0.29, 0.717) is 18.4 Å². The number of carboxylic acid groups (broad SMARTS) is 2. The normalized spacial score (nSPS) is 14.8. The number of benzene rings is 2. The van der Waals surface area contributed by atoms with Crippen molar-refractivity contribution in [1.29, 1.82) is 0 Å². The number of hydrogen-bond acceptors (Lipinski definition) is 16. The lowest BCUT2D eigenvalue weighted by Crippen LogP contribution is -2.62. The van der Waals surface area contributed by atoms with E-state index in [4.69, 9.17) is 17.2 Å². The van der Waals surface area contributed by atoms with Gasteiger partial charge in [-0.2, -0.15) is 0 Å². The molecule has 28 nitrogen and oxygen atoms in total. The minimum Gasteiger partial charge on any atom is -0.481 e. The number of carbonyl (C=O) groups is 12. The van der Waals surface area contributed by atoms with Crippen molar-refractivity contribution in [1.82, 2.24) is 47.9 Å². The fourth-order valence-electron chi connectivity index (χ4n) is 8.27. The molecule has 2 rings (SSSR count). The maximum Gasteiger partial charge on any atom is 0.326 e. The number of aliphatic carboxylic acids is 2. The van der Waals surface area contributed by atoms with E-state index in [1.807, 2.05) is 13.8 Å². The number of nitrogens with one attached hydrogen (secondary N) is 9. The quantitative estimate of drug-likeness (QED) is 0.0290. The van der Waals surface area contributed by atoms with Crippen LogP contribution in [0.5, 0.6) is 0 Å². The maximum atomic E-state index is 14.0. The van der Waals surface area contributed by atoms with Gasteiger partial charge in [-0.15, -0.1) is 0 Å². The lowest BCUT2D eigenvalue weighted by Gasteiger charge is -2.29. The zero-order chi connectivity index (χ0) is 62.5. The summed E-state index contributed by atoms with van der Waals surface area (Å²) in [5.41, 5.74) is 18.5. The van der Waals surface area contributed by atoms with E-state index in [-0.39, 0.29) is 38.1 Å². The average Bonchev–Trinajstić information content (AvgIpc) is 3.48. The van der Waals surface area contributed by atoms with Crippen molar-refractivity contribution in [2.24, 2.45) is 35.0 Å². The molecule has 10 amide bonds. The number of unbranched alkanes of at least 4 members (excludes halogenated alkanes) is 1. The van der Waals surface area contributed by atoms with Crippen molar-refractivity contribution in [2.75, 3.05) is 19.8 Å². The van der Waals surface area contributed by atoms with Crippen LogP contribution in [-0.4, -0.2) is 172 Å². The zero-order valence-corrected chi connectivity index (χ0v) is 47.7. The third kappa shape index (κ3) is 25.7. The Kier molecular flexibility index (Phi) is 31.1. The Bertz CT molecular complexity index is 2500. The number of aliphatic hydroxyl groups excluding tert-OH is 2. The number of carboxylic acids is 2. The second-order valence-corrected chi connectivity index (χ2v) is 21.1. The fourth-order valence-corrected chi connectivity index (χ4v) is 8.27. The Morgan fingerprint density at radius 1 is 0.458 bits per heavy atom. The molecule has 2 aromatic rings. The van der Waals surface area contributed by atoms with Crippen LogP contribution in [-0.2, 0) is 70.4 Å². The monoisotopic (exact) mass is 1170 g/mol. The molecule has 83 heavy (non-hydrogen) atoms.